The number of aromatic amines is 1. The largest absolute Gasteiger partial charge is 0.497 e. The van der Waals surface area contributed by atoms with Crippen molar-refractivity contribution >= 4 is 29.2 Å². The number of rotatable bonds is 5. The Morgan fingerprint density at radius 2 is 1.82 bits per heavy atom. The third-order valence-corrected chi connectivity index (χ3v) is 5.02. The van der Waals surface area contributed by atoms with Crippen molar-refractivity contribution in [3.63, 3.8) is 0 Å². The molecule has 3 aromatic carbocycles. The molecule has 1 aromatic heterocycles. The van der Waals surface area contributed by atoms with Gasteiger partial charge in [-0.25, -0.2) is 0 Å². The lowest BCUT2D eigenvalue weighted by Gasteiger charge is -2.12. The normalized spacial score (nSPS) is 12.5. The molecule has 1 heterocycles. The van der Waals surface area contributed by atoms with Crippen LogP contribution >= 0.6 is 12.2 Å². The number of nitrogens with zero attached hydrogens (tertiary/aromatic N) is 3. The summed E-state index contributed by atoms with van der Waals surface area (Å²) in [5.74, 6) is 1.64. The van der Waals surface area contributed by atoms with Crippen LogP contribution in [0, 0.1) is 4.77 Å². The number of methoxy groups -OCH3 is 1. The molecule has 28 heavy (non-hydrogen) atoms. The summed E-state index contributed by atoms with van der Waals surface area (Å²) in [7, 11) is 1.68. The molecule has 0 radical (unpaired) electrons. The quantitative estimate of drug-likeness (QED) is 0.381. The summed E-state index contributed by atoms with van der Waals surface area (Å²) < 4.78 is 7.46. The average molecular weight is 388 g/mol. The molecule has 1 unspecified atom stereocenters. The molecule has 0 aliphatic carbocycles. The van der Waals surface area contributed by atoms with E-state index >= 15 is 0 Å². The second-order valence-electron chi connectivity index (χ2n) is 6.55. The van der Waals surface area contributed by atoms with Gasteiger partial charge in [0, 0.05) is 5.92 Å². The molecule has 0 spiro atoms. The first kappa shape index (κ1) is 18.1. The molecule has 0 saturated heterocycles. The van der Waals surface area contributed by atoms with E-state index in [0.29, 0.717) is 4.77 Å². The monoisotopic (exact) mass is 388 g/mol. The van der Waals surface area contributed by atoms with Gasteiger partial charge >= 0.3 is 0 Å². The second-order valence-corrected chi connectivity index (χ2v) is 6.93. The lowest BCUT2D eigenvalue weighted by atomic mass is 9.97. The van der Waals surface area contributed by atoms with Crippen molar-refractivity contribution in [3.05, 3.63) is 88.5 Å². The molecule has 4 aromatic rings. The number of aromatic nitrogens is 3. The van der Waals surface area contributed by atoms with E-state index in [1.54, 1.807) is 18.0 Å². The minimum absolute atomic E-state index is 0.0207. The van der Waals surface area contributed by atoms with E-state index in [4.69, 9.17) is 17.0 Å². The van der Waals surface area contributed by atoms with Crippen LogP contribution in [-0.4, -0.2) is 28.2 Å². The van der Waals surface area contributed by atoms with Gasteiger partial charge in [0.2, 0.25) is 4.77 Å². The summed E-state index contributed by atoms with van der Waals surface area (Å²) in [5.41, 5.74) is 2.15. The van der Waals surface area contributed by atoms with Gasteiger partial charge in [-0.2, -0.15) is 14.9 Å². The maximum atomic E-state index is 5.38. The van der Waals surface area contributed by atoms with Gasteiger partial charge in [0.15, 0.2) is 5.82 Å². The van der Waals surface area contributed by atoms with Gasteiger partial charge in [-0.05, 0) is 46.2 Å². The van der Waals surface area contributed by atoms with Crippen LogP contribution in [0.3, 0.4) is 0 Å². The summed E-state index contributed by atoms with van der Waals surface area (Å²) in [4.78, 5) is 0. The third kappa shape index (κ3) is 3.59. The zero-order valence-electron chi connectivity index (χ0n) is 15.7. The van der Waals surface area contributed by atoms with Gasteiger partial charge in [0.25, 0.3) is 0 Å². The molecule has 4 rings (SSSR count). The summed E-state index contributed by atoms with van der Waals surface area (Å²) in [5, 5.41) is 14.1. The lowest BCUT2D eigenvalue weighted by Crippen LogP contribution is -2.05. The minimum atomic E-state index is 0.0207. The van der Waals surface area contributed by atoms with Crippen LogP contribution in [0.1, 0.15) is 29.8 Å². The van der Waals surface area contributed by atoms with Gasteiger partial charge in [-0.3, -0.25) is 5.10 Å². The van der Waals surface area contributed by atoms with Gasteiger partial charge in [0.1, 0.15) is 5.75 Å². The van der Waals surface area contributed by atoms with Crippen molar-refractivity contribution in [2.75, 3.05) is 7.11 Å². The summed E-state index contributed by atoms with van der Waals surface area (Å²) in [6.07, 6.45) is 1.79. The molecule has 1 atom stereocenters. The zero-order chi connectivity index (χ0) is 19.5. The summed E-state index contributed by atoms with van der Waals surface area (Å²) >= 11 is 5.38. The highest BCUT2D eigenvalue weighted by atomic mass is 32.1. The second kappa shape index (κ2) is 7.78. The fourth-order valence-corrected chi connectivity index (χ4v) is 3.33. The maximum absolute atomic E-state index is 5.38. The predicted molar refractivity (Wildman–Crippen MR) is 115 cm³/mol. The summed E-state index contributed by atoms with van der Waals surface area (Å²) in [6.45, 7) is 2.10. The highest BCUT2D eigenvalue weighted by Gasteiger charge is 2.16. The van der Waals surface area contributed by atoms with Crippen LogP contribution in [0.5, 0.6) is 5.75 Å². The van der Waals surface area contributed by atoms with Crippen LogP contribution in [0.15, 0.2) is 71.8 Å². The lowest BCUT2D eigenvalue weighted by molar-refractivity contribution is 0.415. The predicted octanol–water partition coefficient (Wildman–Crippen LogP) is 5.14. The third-order valence-electron chi connectivity index (χ3n) is 4.76. The molecule has 0 bridgehead atoms. The average Bonchev–Trinajstić information content (AvgIpc) is 3.12. The van der Waals surface area contributed by atoms with Crippen molar-refractivity contribution in [1.29, 1.82) is 0 Å². The summed E-state index contributed by atoms with van der Waals surface area (Å²) in [6, 6.07) is 22.4. The van der Waals surface area contributed by atoms with Crippen molar-refractivity contribution in [3.8, 4) is 5.75 Å². The molecule has 0 fully saturated rings. The Bertz CT molecular complexity index is 1190. The molecule has 140 valence electrons. The number of benzene rings is 3. The standard InChI is InChI=1S/C22H20N4OS/c1-15(17-8-9-19-13-20(27-2)11-10-18(19)12-17)21-24-25-22(28)26(21)23-14-16-6-4-3-5-7-16/h3-15H,1-2H3,(H,25,28)/b23-14+. The van der Waals surface area contributed by atoms with Crippen molar-refractivity contribution in [2.45, 2.75) is 12.8 Å². The molecule has 0 amide bonds. The van der Waals surface area contributed by atoms with E-state index in [-0.39, 0.29) is 5.92 Å². The van der Waals surface area contributed by atoms with E-state index in [0.717, 1.165) is 33.5 Å². The topological polar surface area (TPSA) is 55.2 Å². The van der Waals surface area contributed by atoms with Crippen molar-refractivity contribution in [2.24, 2.45) is 5.10 Å². The number of ether oxygens (including phenoxy) is 1. The SMILES string of the molecule is COc1ccc2cc(C(C)c3n[nH]c(=S)n3/N=C/c3ccccc3)ccc2c1. The molecule has 6 heteroatoms. The fourth-order valence-electron chi connectivity index (χ4n) is 3.15. The molecule has 5 nitrogen and oxygen atoms in total. The van der Waals surface area contributed by atoms with Crippen molar-refractivity contribution in [1.82, 2.24) is 14.9 Å². The fraction of sp³-hybridized carbons (Fsp3) is 0.136. The number of H-pyrrole nitrogens is 1. The molecular weight excluding hydrogens is 368 g/mol. The van der Waals surface area contributed by atoms with Gasteiger partial charge in [0.05, 0.1) is 13.3 Å². The Kier molecular flexibility index (Phi) is 5.04. The van der Waals surface area contributed by atoms with E-state index in [1.165, 1.54) is 0 Å². The van der Waals surface area contributed by atoms with Gasteiger partial charge in [-0.1, -0.05) is 61.5 Å². The first-order valence-electron chi connectivity index (χ1n) is 9.00. The van der Waals surface area contributed by atoms with Crippen LogP contribution < -0.4 is 4.74 Å². The van der Waals surface area contributed by atoms with Crippen LogP contribution in [0.2, 0.25) is 0 Å². The number of nitrogens with one attached hydrogen (secondary N) is 1. The highest BCUT2D eigenvalue weighted by Crippen LogP contribution is 2.28. The Morgan fingerprint density at radius 1 is 1.07 bits per heavy atom. The Balaban J connectivity index is 1.69. The Labute approximate surface area is 168 Å². The maximum Gasteiger partial charge on any atom is 0.216 e. The smallest absolute Gasteiger partial charge is 0.216 e. The zero-order valence-corrected chi connectivity index (χ0v) is 16.5. The van der Waals surface area contributed by atoms with E-state index in [2.05, 4.69) is 46.5 Å². The van der Waals surface area contributed by atoms with Crippen LogP contribution in [0.25, 0.3) is 10.8 Å². The van der Waals surface area contributed by atoms with Crippen LogP contribution in [-0.2, 0) is 0 Å². The Hall–Kier alpha value is -3.25. The number of hydrogen-bond donors (Lipinski definition) is 1. The molecule has 0 aliphatic rings. The van der Waals surface area contributed by atoms with Crippen LogP contribution in [0.4, 0.5) is 0 Å². The molecule has 0 saturated carbocycles. The molecule has 1 N–H and O–H groups in total. The first-order chi connectivity index (χ1) is 13.7. The van der Waals surface area contributed by atoms with Gasteiger partial charge < -0.3 is 4.74 Å². The van der Waals surface area contributed by atoms with Crippen molar-refractivity contribution < 1.29 is 4.74 Å². The van der Waals surface area contributed by atoms with E-state index in [9.17, 15) is 0 Å². The number of fused-ring (bicyclic) bond motifs is 1. The number of hydrogen-bond acceptors (Lipinski definition) is 4. The first-order valence-corrected chi connectivity index (χ1v) is 9.41. The molecule has 0 aliphatic heterocycles. The molecular formula is C22H20N4OS. The van der Waals surface area contributed by atoms with E-state index < -0.39 is 0 Å². The Morgan fingerprint density at radius 3 is 2.61 bits per heavy atom. The minimum Gasteiger partial charge on any atom is -0.497 e. The van der Waals surface area contributed by atoms with Gasteiger partial charge in [-0.15, -0.1) is 0 Å². The van der Waals surface area contributed by atoms with E-state index in [1.807, 2.05) is 42.5 Å². The highest BCUT2D eigenvalue weighted by molar-refractivity contribution is 7.71.